The fraction of sp³-hybridized carbons (Fsp3) is 0.0909. The average Bonchev–Trinajstić information content (AvgIpc) is 2.76. The molecular weight excluding hydrogens is 287 g/mol. The molecule has 3 N–H and O–H groups in total. The van der Waals surface area contributed by atoms with Crippen molar-refractivity contribution in [2.45, 2.75) is 6.42 Å². The Morgan fingerprint density at radius 1 is 1.55 bits per heavy atom. The first-order chi connectivity index (χ1) is 9.45. The van der Waals surface area contributed by atoms with Gasteiger partial charge in [-0.25, -0.2) is 9.37 Å². The smallest absolute Gasteiger partial charge is 0.295 e. The minimum absolute atomic E-state index is 0.0652. The number of carbonyl (C=O) groups excluding carboxylic acids is 1. The van der Waals surface area contributed by atoms with Gasteiger partial charge in [-0.2, -0.15) is 0 Å². The van der Waals surface area contributed by atoms with Gasteiger partial charge in [0.1, 0.15) is 11.5 Å². The van der Waals surface area contributed by atoms with Crippen molar-refractivity contribution in [3.63, 3.8) is 0 Å². The summed E-state index contributed by atoms with van der Waals surface area (Å²) in [5.41, 5.74) is 5.33. The number of rotatable bonds is 4. The Morgan fingerprint density at radius 2 is 2.30 bits per heavy atom. The Hall–Kier alpha value is -2.55. The van der Waals surface area contributed by atoms with E-state index < -0.39 is 22.3 Å². The van der Waals surface area contributed by atoms with Crippen LogP contribution < -0.4 is 11.1 Å². The normalized spacial score (nSPS) is 10.2. The average molecular weight is 296 g/mol. The van der Waals surface area contributed by atoms with Gasteiger partial charge in [-0.05, 0) is 12.1 Å². The highest BCUT2D eigenvalue weighted by Crippen LogP contribution is 2.25. The summed E-state index contributed by atoms with van der Waals surface area (Å²) in [4.78, 5) is 25.7. The van der Waals surface area contributed by atoms with E-state index in [-0.39, 0.29) is 12.1 Å². The van der Waals surface area contributed by atoms with Gasteiger partial charge in [-0.3, -0.25) is 14.9 Å². The zero-order valence-corrected chi connectivity index (χ0v) is 10.8. The van der Waals surface area contributed by atoms with E-state index >= 15 is 0 Å². The number of anilines is 2. The summed E-state index contributed by atoms with van der Waals surface area (Å²) in [6, 6.07) is 2.92. The number of nitrogens with one attached hydrogen (secondary N) is 1. The van der Waals surface area contributed by atoms with Crippen LogP contribution in [0.15, 0.2) is 23.6 Å². The number of thiazole rings is 1. The molecule has 104 valence electrons. The number of amides is 1. The Kier molecular flexibility index (Phi) is 3.89. The molecular formula is C11H9FN4O3S. The molecule has 0 atom stereocenters. The van der Waals surface area contributed by atoms with Gasteiger partial charge in [0, 0.05) is 5.38 Å². The van der Waals surface area contributed by atoms with E-state index in [4.69, 9.17) is 5.73 Å². The number of hydrogen-bond acceptors (Lipinski definition) is 6. The monoisotopic (exact) mass is 296 g/mol. The highest BCUT2D eigenvalue weighted by atomic mass is 32.1. The topological polar surface area (TPSA) is 111 Å². The zero-order chi connectivity index (χ0) is 14.7. The van der Waals surface area contributed by atoms with Crippen LogP contribution in [0.25, 0.3) is 0 Å². The second-order valence-electron chi connectivity index (χ2n) is 3.82. The van der Waals surface area contributed by atoms with Crippen LogP contribution in [-0.2, 0) is 11.2 Å². The molecule has 0 aliphatic carbocycles. The SMILES string of the molecule is Nc1nc(CC(=O)Nc2ccc(F)cc2[N+](=O)[O-])cs1. The molecule has 0 aliphatic heterocycles. The maximum Gasteiger partial charge on any atom is 0.295 e. The van der Waals surface area contributed by atoms with Gasteiger partial charge in [0.2, 0.25) is 5.91 Å². The molecule has 7 nitrogen and oxygen atoms in total. The van der Waals surface area contributed by atoms with Crippen molar-refractivity contribution in [2.24, 2.45) is 0 Å². The molecule has 1 aromatic carbocycles. The summed E-state index contributed by atoms with van der Waals surface area (Å²) < 4.78 is 13.0. The predicted octanol–water partition coefficient (Wildman–Crippen LogP) is 1.95. The molecule has 1 amide bonds. The van der Waals surface area contributed by atoms with E-state index in [0.717, 1.165) is 18.2 Å². The Bertz CT molecular complexity index is 673. The third-order valence-corrected chi connectivity index (χ3v) is 3.06. The first-order valence-corrected chi connectivity index (χ1v) is 6.27. The van der Waals surface area contributed by atoms with Gasteiger partial charge < -0.3 is 11.1 Å². The fourth-order valence-corrected chi connectivity index (χ4v) is 2.09. The number of carbonyl (C=O) groups is 1. The van der Waals surface area contributed by atoms with Gasteiger partial charge in [0.05, 0.1) is 23.1 Å². The number of nitrogen functional groups attached to an aromatic ring is 1. The summed E-state index contributed by atoms with van der Waals surface area (Å²) in [6.07, 6.45) is -0.0672. The minimum atomic E-state index is -0.764. The largest absolute Gasteiger partial charge is 0.375 e. The molecule has 0 saturated heterocycles. The predicted molar refractivity (Wildman–Crippen MR) is 71.9 cm³/mol. The van der Waals surface area contributed by atoms with Crippen molar-refractivity contribution < 1.29 is 14.1 Å². The molecule has 0 aliphatic rings. The lowest BCUT2D eigenvalue weighted by Crippen LogP contribution is -2.15. The zero-order valence-electron chi connectivity index (χ0n) is 10.00. The molecule has 0 saturated carbocycles. The molecule has 1 heterocycles. The fourth-order valence-electron chi connectivity index (χ4n) is 1.52. The maximum atomic E-state index is 13.0. The lowest BCUT2D eigenvalue weighted by Gasteiger charge is -2.05. The van der Waals surface area contributed by atoms with E-state index in [1.54, 1.807) is 5.38 Å². The first kappa shape index (κ1) is 13.9. The number of hydrogen-bond donors (Lipinski definition) is 2. The van der Waals surface area contributed by atoms with Gasteiger partial charge >= 0.3 is 0 Å². The van der Waals surface area contributed by atoms with Gasteiger partial charge in [0.25, 0.3) is 5.69 Å². The Balaban J connectivity index is 2.13. The molecule has 2 aromatic rings. The maximum absolute atomic E-state index is 13.0. The van der Waals surface area contributed by atoms with Crippen LogP contribution in [-0.4, -0.2) is 15.8 Å². The Labute approximate surface area is 116 Å². The van der Waals surface area contributed by atoms with Crippen molar-refractivity contribution in [1.82, 2.24) is 4.98 Å². The van der Waals surface area contributed by atoms with E-state index in [1.807, 2.05) is 0 Å². The van der Waals surface area contributed by atoms with Crippen LogP contribution in [0, 0.1) is 15.9 Å². The minimum Gasteiger partial charge on any atom is -0.375 e. The molecule has 20 heavy (non-hydrogen) atoms. The molecule has 9 heteroatoms. The highest BCUT2D eigenvalue weighted by molar-refractivity contribution is 7.13. The summed E-state index contributed by atoms with van der Waals surface area (Å²) in [6.45, 7) is 0. The van der Waals surface area contributed by atoms with Crippen LogP contribution in [0.3, 0.4) is 0 Å². The van der Waals surface area contributed by atoms with E-state index in [9.17, 15) is 19.3 Å². The van der Waals surface area contributed by atoms with Crippen LogP contribution in [0.1, 0.15) is 5.69 Å². The highest BCUT2D eigenvalue weighted by Gasteiger charge is 2.17. The number of nitrogens with zero attached hydrogens (tertiary/aromatic N) is 2. The third kappa shape index (κ3) is 3.26. The van der Waals surface area contributed by atoms with Crippen molar-refractivity contribution in [3.8, 4) is 0 Å². The lowest BCUT2D eigenvalue weighted by molar-refractivity contribution is -0.384. The quantitative estimate of drug-likeness (QED) is 0.661. The van der Waals surface area contributed by atoms with Crippen molar-refractivity contribution >= 4 is 33.8 Å². The number of nitrogens with two attached hydrogens (primary N) is 1. The van der Waals surface area contributed by atoms with Crippen LogP contribution in [0.2, 0.25) is 0 Å². The molecule has 0 bridgehead atoms. The van der Waals surface area contributed by atoms with Gasteiger partial charge in [-0.15, -0.1) is 11.3 Å². The second-order valence-corrected chi connectivity index (χ2v) is 4.71. The van der Waals surface area contributed by atoms with E-state index in [1.165, 1.54) is 11.3 Å². The van der Waals surface area contributed by atoms with Crippen LogP contribution in [0.4, 0.5) is 20.9 Å². The number of nitro benzene ring substituents is 1. The first-order valence-electron chi connectivity index (χ1n) is 5.39. The summed E-state index contributed by atoms with van der Waals surface area (Å²) in [5, 5.41) is 15.1. The number of halogens is 1. The number of nitro groups is 1. The van der Waals surface area contributed by atoms with E-state index in [2.05, 4.69) is 10.3 Å². The third-order valence-electron chi connectivity index (χ3n) is 2.34. The van der Waals surface area contributed by atoms with Crippen molar-refractivity contribution in [2.75, 3.05) is 11.1 Å². The molecule has 1 aromatic heterocycles. The summed E-state index contributed by atoms with van der Waals surface area (Å²) >= 11 is 1.19. The standard InChI is InChI=1S/C11H9FN4O3S/c12-6-1-2-8(9(3-6)16(18)19)15-10(17)4-7-5-20-11(13)14-7/h1-3,5H,4H2,(H2,13,14)(H,15,17). The number of aromatic nitrogens is 1. The van der Waals surface area contributed by atoms with E-state index in [0.29, 0.717) is 10.8 Å². The summed E-state index contributed by atoms with van der Waals surface area (Å²) in [7, 11) is 0. The number of benzene rings is 1. The van der Waals surface area contributed by atoms with Crippen LogP contribution in [0.5, 0.6) is 0 Å². The molecule has 0 fully saturated rings. The summed E-state index contributed by atoms with van der Waals surface area (Å²) in [5.74, 6) is -1.24. The molecule has 0 radical (unpaired) electrons. The van der Waals surface area contributed by atoms with Gasteiger partial charge in [0.15, 0.2) is 5.13 Å². The van der Waals surface area contributed by atoms with Crippen molar-refractivity contribution in [3.05, 3.63) is 45.2 Å². The van der Waals surface area contributed by atoms with Crippen LogP contribution >= 0.6 is 11.3 Å². The van der Waals surface area contributed by atoms with Gasteiger partial charge in [-0.1, -0.05) is 0 Å². The lowest BCUT2D eigenvalue weighted by atomic mass is 10.2. The molecule has 2 rings (SSSR count). The molecule has 0 spiro atoms. The molecule has 0 unspecified atom stereocenters. The Morgan fingerprint density at radius 3 is 2.90 bits per heavy atom. The van der Waals surface area contributed by atoms with Crippen molar-refractivity contribution in [1.29, 1.82) is 0 Å². The second kappa shape index (κ2) is 5.61.